The van der Waals surface area contributed by atoms with Crippen molar-refractivity contribution in [1.82, 2.24) is 0 Å². The summed E-state index contributed by atoms with van der Waals surface area (Å²) in [5.74, 6) is 0.705. The molecular weight excluding hydrogens is 404 g/mol. The van der Waals surface area contributed by atoms with E-state index >= 15 is 0 Å². The van der Waals surface area contributed by atoms with Crippen molar-refractivity contribution in [3.63, 3.8) is 0 Å². The third kappa shape index (κ3) is 4.39. The number of hydrogen-bond acceptors (Lipinski definition) is 4. The Hall–Kier alpha value is -3.51. The van der Waals surface area contributed by atoms with Crippen molar-refractivity contribution in [3.8, 4) is 11.5 Å². The van der Waals surface area contributed by atoms with Crippen LogP contribution in [0.4, 0.5) is 11.4 Å². The molecule has 0 saturated heterocycles. The fourth-order valence-corrected chi connectivity index (χ4v) is 3.16. The molecule has 0 bridgehead atoms. The van der Waals surface area contributed by atoms with E-state index < -0.39 is 6.10 Å². The summed E-state index contributed by atoms with van der Waals surface area (Å²) in [6.45, 7) is 2.02. The molecule has 0 fully saturated rings. The van der Waals surface area contributed by atoms with Crippen LogP contribution in [-0.2, 0) is 11.4 Å². The highest BCUT2D eigenvalue weighted by Gasteiger charge is 2.23. The van der Waals surface area contributed by atoms with Crippen molar-refractivity contribution in [2.45, 2.75) is 19.6 Å². The molecule has 4 rings (SSSR count). The minimum Gasteiger partial charge on any atom is -0.489 e. The van der Waals surface area contributed by atoms with Gasteiger partial charge in [-0.3, -0.25) is 9.59 Å². The summed E-state index contributed by atoms with van der Waals surface area (Å²) < 4.78 is 11.3. The van der Waals surface area contributed by atoms with E-state index in [0.717, 1.165) is 5.56 Å². The van der Waals surface area contributed by atoms with Gasteiger partial charge in [0.1, 0.15) is 18.1 Å². The van der Waals surface area contributed by atoms with E-state index in [0.29, 0.717) is 40.1 Å². The molecule has 1 aliphatic heterocycles. The first kappa shape index (κ1) is 19.8. The van der Waals surface area contributed by atoms with Crippen LogP contribution in [0, 0.1) is 0 Å². The number of amides is 2. The Labute approximate surface area is 178 Å². The Balaban J connectivity index is 1.39. The molecule has 30 heavy (non-hydrogen) atoms. The first-order valence-electron chi connectivity index (χ1n) is 9.39. The minimum atomic E-state index is -0.545. The fourth-order valence-electron chi connectivity index (χ4n) is 2.97. The van der Waals surface area contributed by atoms with Gasteiger partial charge in [0.05, 0.1) is 5.69 Å². The zero-order chi connectivity index (χ0) is 21.1. The van der Waals surface area contributed by atoms with Crippen LogP contribution in [-0.4, -0.2) is 17.9 Å². The van der Waals surface area contributed by atoms with Gasteiger partial charge in [0, 0.05) is 21.8 Å². The van der Waals surface area contributed by atoms with Crippen molar-refractivity contribution in [2.24, 2.45) is 0 Å². The molecule has 2 N–H and O–H groups in total. The van der Waals surface area contributed by atoms with Crippen LogP contribution in [0.1, 0.15) is 22.8 Å². The van der Waals surface area contributed by atoms with Crippen molar-refractivity contribution in [1.29, 1.82) is 0 Å². The Kier molecular flexibility index (Phi) is 5.59. The second kappa shape index (κ2) is 8.47. The molecule has 1 heterocycles. The fraction of sp³-hybridized carbons (Fsp3) is 0.130. The second-order valence-electron chi connectivity index (χ2n) is 6.82. The molecule has 1 atom stereocenters. The van der Waals surface area contributed by atoms with Crippen LogP contribution in [0.15, 0.2) is 66.7 Å². The lowest BCUT2D eigenvalue weighted by Gasteiger charge is -2.23. The highest BCUT2D eigenvalue weighted by atomic mass is 35.5. The van der Waals surface area contributed by atoms with Gasteiger partial charge >= 0.3 is 0 Å². The van der Waals surface area contributed by atoms with E-state index in [-0.39, 0.29) is 11.8 Å². The molecule has 3 aromatic rings. The molecule has 0 aromatic heterocycles. The normalized spacial score (nSPS) is 14.9. The summed E-state index contributed by atoms with van der Waals surface area (Å²) in [4.78, 5) is 24.3. The van der Waals surface area contributed by atoms with Gasteiger partial charge in [-0.2, -0.15) is 0 Å². The lowest BCUT2D eigenvalue weighted by molar-refractivity contribution is -0.122. The van der Waals surface area contributed by atoms with Crippen LogP contribution in [0.3, 0.4) is 0 Å². The Bertz CT molecular complexity index is 1100. The van der Waals surface area contributed by atoms with Crippen molar-refractivity contribution in [3.05, 3.63) is 82.9 Å². The average molecular weight is 423 g/mol. The zero-order valence-corrected chi connectivity index (χ0v) is 16.9. The maximum atomic E-state index is 12.5. The number of halogens is 1. The van der Waals surface area contributed by atoms with Crippen LogP contribution in [0.25, 0.3) is 0 Å². The van der Waals surface area contributed by atoms with E-state index in [1.807, 2.05) is 24.3 Å². The summed E-state index contributed by atoms with van der Waals surface area (Å²) >= 11 is 6.13. The summed E-state index contributed by atoms with van der Waals surface area (Å²) in [6.07, 6.45) is -0.545. The maximum Gasteiger partial charge on any atom is 0.265 e. The summed E-state index contributed by atoms with van der Waals surface area (Å²) in [7, 11) is 0. The van der Waals surface area contributed by atoms with Crippen LogP contribution < -0.4 is 20.1 Å². The summed E-state index contributed by atoms with van der Waals surface area (Å²) in [5.41, 5.74) is 2.45. The van der Waals surface area contributed by atoms with E-state index in [1.54, 1.807) is 49.4 Å². The molecular formula is C23H19ClN2O4. The van der Waals surface area contributed by atoms with Gasteiger partial charge in [0.25, 0.3) is 11.8 Å². The Morgan fingerprint density at radius 2 is 1.90 bits per heavy atom. The van der Waals surface area contributed by atoms with Crippen molar-refractivity contribution < 1.29 is 19.1 Å². The minimum absolute atomic E-state index is 0.224. The molecule has 2 amide bonds. The van der Waals surface area contributed by atoms with Crippen LogP contribution in [0.2, 0.25) is 5.02 Å². The first-order valence-corrected chi connectivity index (χ1v) is 9.76. The Morgan fingerprint density at radius 1 is 1.13 bits per heavy atom. The quantitative estimate of drug-likeness (QED) is 0.613. The molecule has 1 unspecified atom stereocenters. The van der Waals surface area contributed by atoms with E-state index in [1.165, 1.54) is 0 Å². The number of ether oxygens (including phenoxy) is 2. The topological polar surface area (TPSA) is 76.7 Å². The average Bonchev–Trinajstić information content (AvgIpc) is 2.74. The number of hydrogen-bond donors (Lipinski definition) is 2. The van der Waals surface area contributed by atoms with Gasteiger partial charge in [-0.1, -0.05) is 29.8 Å². The Morgan fingerprint density at radius 3 is 2.67 bits per heavy atom. The first-order chi connectivity index (χ1) is 14.5. The van der Waals surface area contributed by atoms with E-state index in [9.17, 15) is 9.59 Å². The van der Waals surface area contributed by atoms with Gasteiger partial charge in [-0.15, -0.1) is 0 Å². The SMILES string of the molecule is CC1Oc2ccc(NC(=O)c3ccc(OCc4ccccc4Cl)cc3)cc2NC1=O. The van der Waals surface area contributed by atoms with Gasteiger partial charge in [-0.05, 0) is 55.5 Å². The molecule has 152 valence electrons. The third-order valence-electron chi connectivity index (χ3n) is 4.64. The number of anilines is 2. The maximum absolute atomic E-state index is 12.5. The molecule has 1 aliphatic rings. The lowest BCUT2D eigenvalue weighted by atomic mass is 10.1. The van der Waals surface area contributed by atoms with E-state index in [4.69, 9.17) is 21.1 Å². The smallest absolute Gasteiger partial charge is 0.265 e. The molecule has 0 radical (unpaired) electrons. The molecule has 0 spiro atoms. The van der Waals surface area contributed by atoms with Gasteiger partial charge in [0.2, 0.25) is 0 Å². The highest BCUT2D eigenvalue weighted by molar-refractivity contribution is 6.31. The monoisotopic (exact) mass is 422 g/mol. The number of carbonyl (C=O) groups excluding carboxylic acids is 2. The van der Waals surface area contributed by atoms with Crippen LogP contribution >= 0.6 is 11.6 Å². The highest BCUT2D eigenvalue weighted by Crippen LogP contribution is 2.32. The van der Waals surface area contributed by atoms with Gasteiger partial charge in [0.15, 0.2) is 6.10 Å². The summed E-state index contributed by atoms with van der Waals surface area (Å²) in [6, 6.07) is 19.4. The predicted octanol–water partition coefficient (Wildman–Crippen LogP) is 4.89. The van der Waals surface area contributed by atoms with Crippen molar-refractivity contribution in [2.75, 3.05) is 10.6 Å². The van der Waals surface area contributed by atoms with Crippen molar-refractivity contribution >= 4 is 34.8 Å². The molecule has 3 aromatic carbocycles. The molecule has 0 saturated carbocycles. The number of carbonyl (C=O) groups is 2. The number of rotatable bonds is 5. The van der Waals surface area contributed by atoms with Gasteiger partial charge < -0.3 is 20.1 Å². The van der Waals surface area contributed by atoms with Gasteiger partial charge in [-0.25, -0.2) is 0 Å². The number of fused-ring (bicyclic) bond motifs is 1. The second-order valence-corrected chi connectivity index (χ2v) is 7.23. The third-order valence-corrected chi connectivity index (χ3v) is 5.01. The number of benzene rings is 3. The van der Waals surface area contributed by atoms with E-state index in [2.05, 4.69) is 10.6 Å². The number of nitrogens with one attached hydrogen (secondary N) is 2. The molecule has 7 heteroatoms. The lowest BCUT2D eigenvalue weighted by Crippen LogP contribution is -2.34. The standard InChI is InChI=1S/C23H19ClN2O4/c1-14-22(27)26-20-12-17(8-11-21(20)30-14)25-23(28)15-6-9-18(10-7-15)29-13-16-4-2-3-5-19(16)24/h2-12,14H,13H2,1H3,(H,25,28)(H,26,27). The zero-order valence-electron chi connectivity index (χ0n) is 16.1. The van der Waals surface area contributed by atoms with Crippen LogP contribution in [0.5, 0.6) is 11.5 Å². The molecule has 6 nitrogen and oxygen atoms in total. The largest absolute Gasteiger partial charge is 0.489 e. The molecule has 0 aliphatic carbocycles. The summed E-state index contributed by atoms with van der Waals surface area (Å²) in [5, 5.41) is 6.22. The predicted molar refractivity (Wildman–Crippen MR) is 115 cm³/mol.